The molecule has 1 N–H and O–H groups in total. The third kappa shape index (κ3) is 3.93. The lowest BCUT2D eigenvalue weighted by atomic mass is 10.2. The molecule has 4 rings (SSSR count). The topological polar surface area (TPSA) is 77.8 Å². The van der Waals surface area contributed by atoms with Gasteiger partial charge in [-0.25, -0.2) is 9.50 Å². The predicted octanol–water partition coefficient (Wildman–Crippen LogP) is 3.71. The highest BCUT2D eigenvalue weighted by atomic mass is 32.1. The Balaban J connectivity index is 1.56. The minimum absolute atomic E-state index is 0.253. The van der Waals surface area contributed by atoms with Crippen molar-refractivity contribution in [1.82, 2.24) is 19.9 Å². The Morgan fingerprint density at radius 1 is 1.14 bits per heavy atom. The lowest BCUT2D eigenvalue weighted by molar-refractivity contribution is 0.0946. The maximum atomic E-state index is 12.7. The quantitative estimate of drug-likeness (QED) is 0.526. The number of carbonyl (C=O) groups is 1. The van der Waals surface area contributed by atoms with Crippen molar-refractivity contribution in [1.29, 1.82) is 0 Å². The number of nitrogens with one attached hydrogen (secondary N) is 1. The average Bonchev–Trinajstić information content (AvgIpc) is 3.41. The molecule has 4 aromatic rings. The molecule has 3 heterocycles. The molecule has 7 nitrogen and oxygen atoms in total. The van der Waals surface area contributed by atoms with Crippen molar-refractivity contribution in [2.24, 2.45) is 0 Å². The van der Waals surface area contributed by atoms with Crippen molar-refractivity contribution >= 4 is 22.9 Å². The fourth-order valence-electron chi connectivity index (χ4n) is 3.03. The largest absolute Gasteiger partial charge is 0.497 e. The summed E-state index contributed by atoms with van der Waals surface area (Å²) in [5.41, 5.74) is 3.54. The summed E-state index contributed by atoms with van der Waals surface area (Å²) < 4.78 is 12.3. The van der Waals surface area contributed by atoms with Gasteiger partial charge in [0, 0.05) is 24.4 Å². The number of methoxy groups -OCH3 is 2. The van der Waals surface area contributed by atoms with Gasteiger partial charge in [0.15, 0.2) is 5.65 Å². The molecule has 0 aliphatic heterocycles. The summed E-state index contributed by atoms with van der Waals surface area (Å²) in [6.07, 6.45) is 0. The number of thiophene rings is 1. The van der Waals surface area contributed by atoms with E-state index in [9.17, 15) is 4.79 Å². The number of aromatic nitrogens is 3. The average molecular weight is 408 g/mol. The number of amides is 1. The lowest BCUT2D eigenvalue weighted by Gasteiger charge is -2.10. The van der Waals surface area contributed by atoms with E-state index in [-0.39, 0.29) is 5.91 Å². The van der Waals surface area contributed by atoms with E-state index >= 15 is 0 Å². The molecule has 1 amide bonds. The zero-order chi connectivity index (χ0) is 20.4. The van der Waals surface area contributed by atoms with E-state index < -0.39 is 0 Å². The number of fused-ring (bicyclic) bond motifs is 1. The Morgan fingerprint density at radius 2 is 1.90 bits per heavy atom. The Kier molecular flexibility index (Phi) is 5.18. The second-order valence-corrected chi connectivity index (χ2v) is 7.41. The van der Waals surface area contributed by atoms with Gasteiger partial charge in [0.1, 0.15) is 22.9 Å². The van der Waals surface area contributed by atoms with Gasteiger partial charge >= 0.3 is 0 Å². The molecule has 0 saturated carbocycles. The van der Waals surface area contributed by atoms with Crippen LogP contribution in [0.3, 0.4) is 0 Å². The fraction of sp³-hybridized carbons (Fsp3) is 0.190. The molecule has 0 unspecified atom stereocenters. The number of benzene rings is 1. The van der Waals surface area contributed by atoms with Crippen LogP contribution in [0.25, 0.3) is 16.2 Å². The van der Waals surface area contributed by atoms with Crippen LogP contribution in [-0.4, -0.2) is 34.7 Å². The van der Waals surface area contributed by atoms with Crippen molar-refractivity contribution in [2.45, 2.75) is 13.5 Å². The van der Waals surface area contributed by atoms with Gasteiger partial charge in [-0.3, -0.25) is 4.79 Å². The molecule has 29 heavy (non-hydrogen) atoms. The molecule has 0 saturated heterocycles. The van der Waals surface area contributed by atoms with Gasteiger partial charge in [0.25, 0.3) is 5.91 Å². The van der Waals surface area contributed by atoms with E-state index in [1.807, 2.05) is 42.6 Å². The first kappa shape index (κ1) is 18.9. The van der Waals surface area contributed by atoms with Crippen LogP contribution in [0.2, 0.25) is 0 Å². The number of hydrogen-bond donors (Lipinski definition) is 1. The molecule has 148 valence electrons. The summed E-state index contributed by atoms with van der Waals surface area (Å²) in [5.74, 6) is 1.09. The summed E-state index contributed by atoms with van der Waals surface area (Å²) in [5, 5.41) is 9.50. The van der Waals surface area contributed by atoms with Crippen molar-refractivity contribution in [3.8, 4) is 22.1 Å². The monoisotopic (exact) mass is 408 g/mol. The van der Waals surface area contributed by atoms with E-state index in [2.05, 4.69) is 15.4 Å². The van der Waals surface area contributed by atoms with Crippen LogP contribution in [0, 0.1) is 6.92 Å². The molecule has 0 spiro atoms. The second-order valence-electron chi connectivity index (χ2n) is 6.46. The highest BCUT2D eigenvalue weighted by molar-refractivity contribution is 7.13. The Labute approximate surface area is 171 Å². The van der Waals surface area contributed by atoms with Gasteiger partial charge in [0.05, 0.1) is 19.1 Å². The van der Waals surface area contributed by atoms with Crippen molar-refractivity contribution in [2.75, 3.05) is 14.2 Å². The summed E-state index contributed by atoms with van der Waals surface area (Å²) in [6, 6.07) is 13.1. The second kappa shape index (κ2) is 7.92. The fourth-order valence-corrected chi connectivity index (χ4v) is 3.71. The van der Waals surface area contributed by atoms with Gasteiger partial charge in [-0.05, 0) is 42.1 Å². The molecule has 3 aromatic heterocycles. The van der Waals surface area contributed by atoms with Crippen LogP contribution in [0.15, 0.2) is 47.8 Å². The van der Waals surface area contributed by atoms with E-state index in [0.29, 0.717) is 29.4 Å². The minimum atomic E-state index is -0.253. The predicted molar refractivity (Wildman–Crippen MR) is 112 cm³/mol. The maximum absolute atomic E-state index is 12.7. The summed E-state index contributed by atoms with van der Waals surface area (Å²) in [6.45, 7) is 2.24. The third-order valence-electron chi connectivity index (χ3n) is 4.48. The third-order valence-corrected chi connectivity index (χ3v) is 5.37. The van der Waals surface area contributed by atoms with Crippen molar-refractivity contribution in [3.63, 3.8) is 0 Å². The van der Waals surface area contributed by atoms with Crippen LogP contribution in [0.5, 0.6) is 11.5 Å². The van der Waals surface area contributed by atoms with Gasteiger partial charge < -0.3 is 14.8 Å². The molecule has 0 aliphatic carbocycles. The summed E-state index contributed by atoms with van der Waals surface area (Å²) in [7, 11) is 3.18. The number of ether oxygens (including phenoxy) is 2. The van der Waals surface area contributed by atoms with Crippen LogP contribution in [0.1, 0.15) is 21.7 Å². The van der Waals surface area contributed by atoms with Crippen LogP contribution in [-0.2, 0) is 6.54 Å². The molecule has 0 radical (unpaired) electrons. The first-order valence-corrected chi connectivity index (χ1v) is 9.87. The molecule has 8 heteroatoms. The van der Waals surface area contributed by atoms with E-state index in [1.165, 1.54) is 0 Å². The Bertz CT molecular complexity index is 1150. The molecule has 0 atom stereocenters. The minimum Gasteiger partial charge on any atom is -0.497 e. The zero-order valence-electron chi connectivity index (χ0n) is 16.3. The van der Waals surface area contributed by atoms with Crippen LogP contribution < -0.4 is 14.8 Å². The Morgan fingerprint density at radius 3 is 2.55 bits per heavy atom. The molecule has 0 fully saturated rings. The highest BCUT2D eigenvalue weighted by Gasteiger charge is 2.14. The summed E-state index contributed by atoms with van der Waals surface area (Å²) in [4.78, 5) is 18.2. The standard InChI is InChI=1S/C21H20N4O3S/c1-13-7-18(23-20-11-17(24-25(13)20)19-5-4-6-29-19)21(26)22-12-14-8-15(27-2)10-16(9-14)28-3/h4-11H,12H2,1-3H3,(H,22,26). The number of rotatable bonds is 6. The first-order valence-electron chi connectivity index (χ1n) is 8.99. The number of carbonyl (C=O) groups excluding carboxylic acids is 1. The maximum Gasteiger partial charge on any atom is 0.270 e. The number of aryl methyl sites for hydroxylation is 1. The van der Waals surface area contributed by atoms with Gasteiger partial charge in [0.2, 0.25) is 0 Å². The highest BCUT2D eigenvalue weighted by Crippen LogP contribution is 2.25. The smallest absolute Gasteiger partial charge is 0.270 e. The van der Waals surface area contributed by atoms with Crippen LogP contribution in [0.4, 0.5) is 0 Å². The van der Waals surface area contributed by atoms with Crippen LogP contribution >= 0.6 is 11.3 Å². The van der Waals surface area contributed by atoms with Crippen molar-refractivity contribution < 1.29 is 14.3 Å². The van der Waals surface area contributed by atoms with Gasteiger partial charge in [-0.1, -0.05) is 6.07 Å². The van der Waals surface area contributed by atoms with Gasteiger partial charge in [-0.2, -0.15) is 5.10 Å². The lowest BCUT2D eigenvalue weighted by Crippen LogP contribution is -2.24. The van der Waals surface area contributed by atoms with E-state index in [4.69, 9.17) is 9.47 Å². The first-order chi connectivity index (χ1) is 14.1. The molecular weight excluding hydrogens is 388 g/mol. The molecular formula is C21H20N4O3S. The number of hydrogen-bond acceptors (Lipinski definition) is 6. The van der Waals surface area contributed by atoms with Crippen molar-refractivity contribution in [3.05, 3.63) is 64.8 Å². The van der Waals surface area contributed by atoms with E-state index in [0.717, 1.165) is 21.8 Å². The number of nitrogens with zero attached hydrogens (tertiary/aromatic N) is 3. The Hall–Kier alpha value is -3.39. The zero-order valence-corrected chi connectivity index (χ0v) is 17.1. The summed E-state index contributed by atoms with van der Waals surface area (Å²) >= 11 is 1.62. The SMILES string of the molecule is COc1cc(CNC(=O)c2cc(C)n3nc(-c4cccs4)cc3n2)cc(OC)c1. The van der Waals surface area contributed by atoms with Gasteiger partial charge in [-0.15, -0.1) is 11.3 Å². The molecule has 0 aliphatic rings. The normalized spacial score (nSPS) is 10.9. The van der Waals surface area contributed by atoms with E-state index in [1.54, 1.807) is 42.2 Å². The molecule has 0 bridgehead atoms. The molecule has 1 aromatic carbocycles.